The average molecular weight is 2030 g/mol. The Morgan fingerprint density at radius 3 is 1.51 bits per heavy atom. The summed E-state index contributed by atoms with van der Waals surface area (Å²) in [5, 5.41) is 4.76. The number of hydrogen-bond acceptors (Lipinski definition) is 20. The normalized spacial score (nSPS) is 12.2. The fraction of sp³-hybridized carbons (Fsp3) is 0.223. The quantitative estimate of drug-likeness (QED) is 0.0166. The maximum atomic E-state index is 13.2. The number of methoxy groups -OCH3 is 2. The van der Waals surface area contributed by atoms with Gasteiger partial charge in [0.1, 0.15) is 87.5 Å². The van der Waals surface area contributed by atoms with E-state index in [4.69, 9.17) is 57.8 Å². The van der Waals surface area contributed by atoms with Gasteiger partial charge in [-0.3, -0.25) is 14.5 Å². The van der Waals surface area contributed by atoms with Gasteiger partial charge in [0.2, 0.25) is 11.8 Å². The second-order valence-electron chi connectivity index (χ2n) is 33.6. The Labute approximate surface area is 839 Å². The van der Waals surface area contributed by atoms with Crippen molar-refractivity contribution in [3.8, 4) is 91.8 Å². The van der Waals surface area contributed by atoms with Crippen LogP contribution in [-0.4, -0.2) is 101 Å². The number of hydrogen-bond donors (Lipinski definition) is 4. The number of carbonyl (C=O) groups excluding carboxylic acids is 4. The standard InChI is InChI=1S/C26H17F3O3.C25H28N2O4S.C23H29NO5.C22H21F2NO3.C16H13F5N2O2/c27-26(28,29)19-12-10-18(11-13-19)23-8-4-5-9-24(23)25(30)32-22-16-14-21(15-17-22)31-20-6-2-1-3-7-20;1-5-25(3,4)19-8-12-21(13-9-19)31-22-14-10-20(11-15-22)26-24(28)27-32(29,30)23-16-6-18(2)7-17-23;1-26-20-7-9-22(10-8-20)29-21-5-3-18(4-6-21)17-24(14-11-23(25)27-2)19-12-15-28-16-13-19;1-16(27-21-13-8-17(14-25-21)22(2,23)24)15-26-18-9-11-20(12-10-18)28-19-6-4-3-5-7-19;17-13-4-3-11(6-14(13)18)25-10-2-1-9(8-23-15(24)7-22)12(5-10)16(19,20)21/h1-17H;6-17H,5H2,1-4H3,(H2,26,27,28);3-10,19H,11-17H2,1-2H3;3-14,16H,15H2,1-2H3;1-6H,7-8,22H2,(H,23,24). The number of anilines is 1. The molecule has 34 heteroatoms. The highest BCUT2D eigenvalue weighted by Crippen LogP contribution is 2.40. The molecule has 1 fully saturated rings. The number of nitrogens with two attached hydrogens (primary N) is 1. The van der Waals surface area contributed by atoms with Gasteiger partial charge in [-0.2, -0.15) is 26.3 Å². The van der Waals surface area contributed by atoms with E-state index in [9.17, 15) is 71.5 Å². The van der Waals surface area contributed by atoms with Crippen molar-refractivity contribution in [2.45, 2.75) is 121 Å². The Morgan fingerprint density at radius 2 is 1.00 bits per heavy atom. The number of aromatic nitrogens is 1. The highest BCUT2D eigenvalue weighted by atomic mass is 32.2. The van der Waals surface area contributed by atoms with Gasteiger partial charge >= 0.3 is 30.3 Å². The van der Waals surface area contributed by atoms with Gasteiger partial charge in [0, 0.05) is 75.4 Å². The predicted octanol–water partition coefficient (Wildman–Crippen LogP) is 26.6. The molecule has 15 rings (SSSR count). The number of para-hydroxylation sites is 2. The van der Waals surface area contributed by atoms with Crippen molar-refractivity contribution in [2.24, 2.45) is 5.73 Å². The Bertz CT molecular complexity index is 6620. The minimum Gasteiger partial charge on any atom is -0.497 e. The highest BCUT2D eigenvalue weighted by molar-refractivity contribution is 7.90. The first-order valence-corrected chi connectivity index (χ1v) is 47.4. The maximum absolute atomic E-state index is 13.2. The van der Waals surface area contributed by atoms with Crippen molar-refractivity contribution in [1.82, 2.24) is 19.9 Å². The molecule has 3 amide bonds. The van der Waals surface area contributed by atoms with Crippen molar-refractivity contribution in [3.05, 3.63) is 390 Å². The van der Waals surface area contributed by atoms with Crippen molar-refractivity contribution in [2.75, 3.05) is 52.4 Å². The average Bonchev–Trinajstić information content (AvgIpc) is 0.807. The van der Waals surface area contributed by atoms with E-state index in [1.165, 1.54) is 60.7 Å². The van der Waals surface area contributed by atoms with Gasteiger partial charge in [0.25, 0.3) is 15.9 Å². The summed E-state index contributed by atoms with van der Waals surface area (Å²) in [4.78, 5) is 53.9. The van der Waals surface area contributed by atoms with Crippen LogP contribution in [0.4, 0.5) is 54.4 Å². The third-order valence-electron chi connectivity index (χ3n) is 22.3. The third-order valence-corrected chi connectivity index (χ3v) is 23.6. The molecule has 2 heterocycles. The lowest BCUT2D eigenvalue weighted by Gasteiger charge is -2.34. The third kappa shape index (κ3) is 35.4. The SMILES string of the molecule is CC(COc1ccc(Oc2ccccc2)cc1)Oc1ccc(C(C)(F)F)cn1.CCC(C)(C)c1ccc(Oc2ccc(NC(=O)NS(=O)(=O)c3ccc(C)cc3)cc2)cc1.COC(=O)CCN(Cc1ccc(Oc2ccc(OC)cc2)cc1)C1CCOCC1.NCC(=O)NCc1ccc(Oc2ccc(F)c(F)c2)cc1C(F)(F)F.O=C(Oc1ccc(Oc2ccccc2)cc1)c1ccccc1-c1ccc(C(F)(F)F)cc1. The van der Waals surface area contributed by atoms with E-state index in [1.807, 2.05) is 140 Å². The molecule has 5 N–H and O–H groups in total. The minimum absolute atomic E-state index is 0.0235. The zero-order chi connectivity index (χ0) is 105. The van der Waals surface area contributed by atoms with Crippen LogP contribution in [0.15, 0.2) is 339 Å². The maximum Gasteiger partial charge on any atom is 0.416 e. The zero-order valence-electron chi connectivity index (χ0n) is 80.8. The summed E-state index contributed by atoms with van der Waals surface area (Å²) in [7, 11) is -0.873. The van der Waals surface area contributed by atoms with E-state index in [-0.39, 0.29) is 76.1 Å². The monoisotopic (exact) mass is 2030 g/mol. The molecule has 13 aromatic carbocycles. The van der Waals surface area contributed by atoms with Crippen LogP contribution in [0.25, 0.3) is 11.1 Å². The number of halogens is 10. The molecule has 1 atom stereocenters. The molecule has 1 saturated heterocycles. The number of sulfonamides is 1. The Hall–Kier alpha value is -15.8. The summed E-state index contributed by atoms with van der Waals surface area (Å²) in [6.07, 6.45) is -4.90. The van der Waals surface area contributed by atoms with E-state index in [0.29, 0.717) is 82.1 Å². The number of nitrogens with zero attached hydrogens (tertiary/aromatic N) is 2. The first kappa shape index (κ1) is 111. The molecule has 0 bridgehead atoms. The van der Waals surface area contributed by atoms with Crippen molar-refractivity contribution >= 4 is 39.6 Å². The fourth-order valence-electron chi connectivity index (χ4n) is 13.9. The summed E-state index contributed by atoms with van der Waals surface area (Å²) < 4.78 is 218. The van der Waals surface area contributed by atoms with Crippen LogP contribution in [-0.2, 0) is 65.9 Å². The first-order valence-electron chi connectivity index (χ1n) is 45.9. The van der Waals surface area contributed by atoms with Crippen molar-refractivity contribution in [1.29, 1.82) is 0 Å². The Kier molecular flexibility index (Phi) is 40.1. The molecule has 1 unspecified atom stereocenters. The van der Waals surface area contributed by atoms with Crippen molar-refractivity contribution < 1.29 is 124 Å². The molecular weight excluding hydrogens is 1920 g/mol. The number of urea groups is 1. The van der Waals surface area contributed by atoms with Crippen LogP contribution in [0.5, 0.6) is 80.6 Å². The number of esters is 2. The van der Waals surface area contributed by atoms with Crippen molar-refractivity contribution in [3.63, 3.8) is 0 Å². The molecule has 0 radical (unpaired) electrons. The number of carbonyl (C=O) groups is 4. The van der Waals surface area contributed by atoms with Gasteiger partial charge in [-0.1, -0.05) is 136 Å². The zero-order valence-corrected chi connectivity index (χ0v) is 81.6. The van der Waals surface area contributed by atoms with Gasteiger partial charge in [-0.15, -0.1) is 0 Å². The van der Waals surface area contributed by atoms with Gasteiger partial charge in [-0.25, -0.2) is 45.3 Å². The van der Waals surface area contributed by atoms with E-state index < -0.39 is 69.0 Å². The number of ether oxygens (including phenoxy) is 11. The highest BCUT2D eigenvalue weighted by Gasteiger charge is 2.35. The van der Waals surface area contributed by atoms with Crippen LogP contribution in [0.3, 0.4) is 0 Å². The summed E-state index contributed by atoms with van der Waals surface area (Å²) in [6.45, 7) is 13.7. The molecule has 1 aliphatic heterocycles. The second kappa shape index (κ2) is 53.0. The first-order chi connectivity index (χ1) is 69.8. The number of benzene rings is 13. The number of alkyl halides is 8. The predicted molar refractivity (Wildman–Crippen MR) is 533 cm³/mol. The lowest BCUT2D eigenvalue weighted by molar-refractivity contribution is -0.141. The van der Waals surface area contributed by atoms with Gasteiger partial charge in [0.05, 0.1) is 48.8 Å². The summed E-state index contributed by atoms with van der Waals surface area (Å²) in [6, 6.07) is 88.3. The van der Waals surface area contributed by atoms with Gasteiger partial charge < -0.3 is 68.5 Å². The molecule has 0 spiro atoms. The fourth-order valence-corrected chi connectivity index (χ4v) is 14.8. The summed E-state index contributed by atoms with van der Waals surface area (Å²) in [5.74, 6) is 0.689. The van der Waals surface area contributed by atoms with E-state index in [1.54, 1.807) is 104 Å². The minimum atomic E-state index is -4.70. The van der Waals surface area contributed by atoms with E-state index >= 15 is 0 Å². The number of pyridine rings is 1. The van der Waals surface area contributed by atoms with E-state index in [0.717, 1.165) is 117 Å². The largest absolute Gasteiger partial charge is 0.497 e. The van der Waals surface area contributed by atoms with E-state index in [2.05, 4.69) is 65.6 Å². The number of rotatable bonds is 34. The Morgan fingerprint density at radius 1 is 0.521 bits per heavy atom. The second-order valence-corrected chi connectivity index (χ2v) is 35.3. The summed E-state index contributed by atoms with van der Waals surface area (Å²) >= 11 is 0. The molecule has 14 aromatic rings. The topological polar surface area (TPSA) is 282 Å². The van der Waals surface area contributed by atoms with Crippen LogP contribution in [0, 0.1) is 18.6 Å². The Balaban J connectivity index is 0.000000174. The number of nitrogens with one attached hydrogen (secondary N) is 3. The molecule has 1 aliphatic rings. The smallest absolute Gasteiger partial charge is 0.416 e. The number of aryl methyl sites for hydroxylation is 1. The molecule has 1 aromatic heterocycles. The molecule has 146 heavy (non-hydrogen) atoms. The molecule has 23 nitrogen and oxygen atoms in total. The summed E-state index contributed by atoms with van der Waals surface area (Å²) in [5.41, 5.74) is 8.09. The van der Waals surface area contributed by atoms with Crippen LogP contribution >= 0.6 is 0 Å². The van der Waals surface area contributed by atoms with Gasteiger partial charge in [-0.05, 0) is 273 Å². The van der Waals surface area contributed by atoms with Gasteiger partial charge in [0.15, 0.2) is 11.6 Å². The van der Waals surface area contributed by atoms with Crippen LogP contribution < -0.4 is 63.7 Å². The van der Waals surface area contributed by atoms with Crippen LogP contribution in [0.2, 0.25) is 0 Å². The molecule has 764 valence electrons. The molecule has 0 aliphatic carbocycles. The lowest BCUT2D eigenvalue weighted by Crippen LogP contribution is -2.40. The molecule has 0 saturated carbocycles. The van der Waals surface area contributed by atoms with Crippen LogP contribution in [0.1, 0.15) is 110 Å². The molecular formula is C112H108F10N6O17S. The lowest BCUT2D eigenvalue weighted by atomic mass is 9.82. The number of amides is 3.